The fourth-order valence-electron chi connectivity index (χ4n) is 1.52. The first-order chi connectivity index (χ1) is 6.20. The maximum Gasteiger partial charge on any atom is 0.135 e. The zero-order valence-electron chi connectivity index (χ0n) is 8.41. The van der Waals surface area contributed by atoms with E-state index in [0.29, 0.717) is 6.04 Å². The van der Waals surface area contributed by atoms with Crippen molar-refractivity contribution in [2.24, 2.45) is 0 Å². The van der Waals surface area contributed by atoms with Crippen LogP contribution in [0.2, 0.25) is 0 Å². The third-order valence-electron chi connectivity index (χ3n) is 2.74. The molecule has 1 saturated carbocycles. The molecule has 70 valence electrons. The van der Waals surface area contributed by atoms with Crippen LogP contribution < -0.4 is 4.90 Å². The minimum Gasteiger partial charge on any atom is -0.356 e. The number of nitrogens with zero attached hydrogens (tertiary/aromatic N) is 3. The maximum absolute atomic E-state index is 4.32. The first-order valence-corrected chi connectivity index (χ1v) is 4.71. The van der Waals surface area contributed by atoms with Crippen molar-refractivity contribution in [1.82, 2.24) is 9.97 Å². The monoisotopic (exact) mass is 177 g/mol. The summed E-state index contributed by atoms with van der Waals surface area (Å²) in [6.07, 6.45) is 4.26. The Hall–Kier alpha value is -1.12. The van der Waals surface area contributed by atoms with E-state index >= 15 is 0 Å². The summed E-state index contributed by atoms with van der Waals surface area (Å²) in [6.45, 7) is 4.12. The Labute approximate surface area is 78.8 Å². The number of anilines is 1. The second kappa shape index (κ2) is 2.98. The Bertz CT molecular complexity index is 318. The highest BCUT2D eigenvalue weighted by Crippen LogP contribution is 2.30. The lowest BCUT2D eigenvalue weighted by atomic mass is 10.2. The van der Waals surface area contributed by atoms with Crippen LogP contribution in [0, 0.1) is 13.8 Å². The van der Waals surface area contributed by atoms with Crippen LogP contribution in [-0.2, 0) is 0 Å². The smallest absolute Gasteiger partial charge is 0.135 e. The van der Waals surface area contributed by atoms with Gasteiger partial charge in [-0.05, 0) is 26.7 Å². The van der Waals surface area contributed by atoms with Gasteiger partial charge in [-0.1, -0.05) is 0 Å². The van der Waals surface area contributed by atoms with Gasteiger partial charge in [0.15, 0.2) is 0 Å². The van der Waals surface area contributed by atoms with Gasteiger partial charge in [0.25, 0.3) is 0 Å². The summed E-state index contributed by atoms with van der Waals surface area (Å²) >= 11 is 0. The van der Waals surface area contributed by atoms with E-state index in [2.05, 4.69) is 28.8 Å². The molecule has 3 heteroatoms. The van der Waals surface area contributed by atoms with Crippen molar-refractivity contribution in [3.8, 4) is 0 Å². The van der Waals surface area contributed by atoms with E-state index in [1.54, 1.807) is 6.33 Å². The van der Waals surface area contributed by atoms with Crippen LogP contribution in [0.15, 0.2) is 6.33 Å². The van der Waals surface area contributed by atoms with Gasteiger partial charge in [-0.15, -0.1) is 0 Å². The number of rotatable bonds is 2. The third-order valence-corrected chi connectivity index (χ3v) is 2.74. The molecule has 0 aliphatic heterocycles. The first kappa shape index (κ1) is 8.48. The molecule has 1 aliphatic carbocycles. The van der Waals surface area contributed by atoms with Crippen LogP contribution >= 0.6 is 0 Å². The summed E-state index contributed by atoms with van der Waals surface area (Å²) < 4.78 is 0. The van der Waals surface area contributed by atoms with Crippen molar-refractivity contribution < 1.29 is 0 Å². The van der Waals surface area contributed by atoms with Crippen LogP contribution in [0.1, 0.15) is 24.1 Å². The quantitative estimate of drug-likeness (QED) is 0.688. The van der Waals surface area contributed by atoms with E-state index in [4.69, 9.17) is 0 Å². The molecule has 1 aromatic heterocycles. The van der Waals surface area contributed by atoms with E-state index < -0.39 is 0 Å². The van der Waals surface area contributed by atoms with E-state index in [1.165, 1.54) is 18.4 Å². The molecular weight excluding hydrogens is 162 g/mol. The van der Waals surface area contributed by atoms with Crippen molar-refractivity contribution in [2.75, 3.05) is 11.9 Å². The Balaban J connectivity index is 2.32. The van der Waals surface area contributed by atoms with E-state index in [-0.39, 0.29) is 0 Å². The van der Waals surface area contributed by atoms with Crippen molar-refractivity contribution in [3.05, 3.63) is 17.6 Å². The predicted octanol–water partition coefficient (Wildman–Crippen LogP) is 1.69. The van der Waals surface area contributed by atoms with Gasteiger partial charge in [0, 0.05) is 24.3 Å². The Morgan fingerprint density at radius 3 is 2.62 bits per heavy atom. The molecule has 0 saturated heterocycles. The molecule has 1 fully saturated rings. The standard InChI is InChI=1S/C10H15N3/c1-7-8(2)11-6-12-10(7)13(3)9-4-5-9/h6,9H,4-5H2,1-3H3. The lowest BCUT2D eigenvalue weighted by molar-refractivity contribution is 0.870. The van der Waals surface area contributed by atoms with Gasteiger partial charge < -0.3 is 4.90 Å². The average molecular weight is 177 g/mol. The van der Waals surface area contributed by atoms with Gasteiger partial charge in [0.2, 0.25) is 0 Å². The fraction of sp³-hybridized carbons (Fsp3) is 0.600. The van der Waals surface area contributed by atoms with Crippen LogP contribution in [0.5, 0.6) is 0 Å². The van der Waals surface area contributed by atoms with Gasteiger partial charge >= 0.3 is 0 Å². The van der Waals surface area contributed by atoms with Gasteiger partial charge in [0.1, 0.15) is 12.1 Å². The normalized spacial score (nSPS) is 15.9. The lowest BCUT2D eigenvalue weighted by Crippen LogP contribution is -2.22. The summed E-state index contributed by atoms with van der Waals surface area (Å²) in [5.74, 6) is 1.09. The molecule has 0 bridgehead atoms. The van der Waals surface area contributed by atoms with Gasteiger partial charge in [-0.2, -0.15) is 0 Å². The van der Waals surface area contributed by atoms with Crippen LogP contribution in [0.4, 0.5) is 5.82 Å². The minimum absolute atomic E-state index is 0.716. The highest BCUT2D eigenvalue weighted by atomic mass is 15.2. The van der Waals surface area contributed by atoms with Crippen LogP contribution in [0.3, 0.4) is 0 Å². The molecule has 0 spiro atoms. The molecule has 13 heavy (non-hydrogen) atoms. The predicted molar refractivity (Wildman–Crippen MR) is 52.9 cm³/mol. The molecule has 0 unspecified atom stereocenters. The SMILES string of the molecule is Cc1ncnc(N(C)C2CC2)c1C. The molecule has 0 aromatic carbocycles. The maximum atomic E-state index is 4.32. The molecule has 0 N–H and O–H groups in total. The van der Waals surface area contributed by atoms with Crippen molar-refractivity contribution in [2.45, 2.75) is 32.7 Å². The zero-order chi connectivity index (χ0) is 9.42. The molecule has 1 aliphatic rings. The van der Waals surface area contributed by atoms with Crippen LogP contribution in [-0.4, -0.2) is 23.1 Å². The van der Waals surface area contributed by atoms with Crippen LogP contribution in [0.25, 0.3) is 0 Å². The molecule has 3 nitrogen and oxygen atoms in total. The number of hydrogen-bond donors (Lipinski definition) is 0. The van der Waals surface area contributed by atoms with Gasteiger partial charge in [-0.3, -0.25) is 0 Å². The second-order valence-corrected chi connectivity index (χ2v) is 3.75. The number of aryl methyl sites for hydroxylation is 1. The Morgan fingerprint density at radius 1 is 1.31 bits per heavy atom. The Morgan fingerprint density at radius 2 is 2.00 bits per heavy atom. The van der Waals surface area contributed by atoms with Crippen molar-refractivity contribution in [3.63, 3.8) is 0 Å². The molecule has 0 radical (unpaired) electrons. The van der Waals surface area contributed by atoms with Crippen molar-refractivity contribution in [1.29, 1.82) is 0 Å². The van der Waals surface area contributed by atoms with Gasteiger partial charge in [-0.25, -0.2) is 9.97 Å². The minimum atomic E-state index is 0.716. The Kier molecular flexibility index (Phi) is 1.94. The average Bonchev–Trinajstić information content (AvgIpc) is 2.91. The highest BCUT2D eigenvalue weighted by Gasteiger charge is 2.28. The summed E-state index contributed by atoms with van der Waals surface area (Å²) in [4.78, 5) is 10.7. The highest BCUT2D eigenvalue weighted by molar-refractivity contribution is 5.48. The third kappa shape index (κ3) is 1.50. The van der Waals surface area contributed by atoms with Crippen molar-refractivity contribution >= 4 is 5.82 Å². The molecule has 2 rings (SSSR count). The zero-order valence-corrected chi connectivity index (χ0v) is 8.41. The molecule has 0 atom stereocenters. The summed E-state index contributed by atoms with van der Waals surface area (Å²) in [5, 5.41) is 0. The largest absolute Gasteiger partial charge is 0.356 e. The molecule has 0 amide bonds. The number of aromatic nitrogens is 2. The molecular formula is C10H15N3. The summed E-state index contributed by atoms with van der Waals surface area (Å²) in [6, 6.07) is 0.716. The topological polar surface area (TPSA) is 29.0 Å². The molecule has 1 heterocycles. The fourth-order valence-corrected chi connectivity index (χ4v) is 1.52. The van der Waals surface area contributed by atoms with E-state index in [0.717, 1.165) is 11.5 Å². The first-order valence-electron chi connectivity index (χ1n) is 4.71. The number of hydrogen-bond acceptors (Lipinski definition) is 3. The molecule has 1 aromatic rings. The van der Waals surface area contributed by atoms with Gasteiger partial charge in [0.05, 0.1) is 0 Å². The summed E-state index contributed by atoms with van der Waals surface area (Å²) in [5.41, 5.74) is 2.29. The summed E-state index contributed by atoms with van der Waals surface area (Å²) in [7, 11) is 2.12. The lowest BCUT2D eigenvalue weighted by Gasteiger charge is -2.19. The second-order valence-electron chi connectivity index (χ2n) is 3.75. The van der Waals surface area contributed by atoms with E-state index in [9.17, 15) is 0 Å². The van der Waals surface area contributed by atoms with E-state index in [1.807, 2.05) is 6.92 Å².